The first-order valence-electron chi connectivity index (χ1n) is 10.2. The zero-order valence-electron chi connectivity index (χ0n) is 15.3. The molecule has 0 amide bonds. The van der Waals surface area contributed by atoms with Gasteiger partial charge in [-0.05, 0) is 18.9 Å². The van der Waals surface area contributed by atoms with Gasteiger partial charge in [-0.25, -0.2) is 0 Å². The number of allylic oxidation sites excluding steroid dienone is 1. The first kappa shape index (κ1) is 23.5. The van der Waals surface area contributed by atoms with E-state index in [1.54, 1.807) is 0 Å². The van der Waals surface area contributed by atoms with Crippen LogP contribution in [0, 0.1) is 0 Å². The number of halogens is 2. The quantitative estimate of drug-likeness (QED) is 0.0913. The molecule has 0 saturated carbocycles. The fourth-order valence-electron chi connectivity index (χ4n) is 3.06. The van der Waals surface area contributed by atoms with Crippen LogP contribution in [-0.2, 0) is 0 Å². The summed E-state index contributed by atoms with van der Waals surface area (Å²) in [7, 11) is -1.33. The van der Waals surface area contributed by atoms with Crippen LogP contribution in [0.25, 0.3) is 0 Å². The molecule has 3 heteroatoms. The molecular weight excluding hydrogens is 339 g/mol. The van der Waals surface area contributed by atoms with Gasteiger partial charge in [-0.1, -0.05) is 102 Å². The van der Waals surface area contributed by atoms with Gasteiger partial charge in [0.05, 0.1) is 0 Å². The Balaban J connectivity index is 2.96. The van der Waals surface area contributed by atoms with E-state index in [0.29, 0.717) is 0 Å². The zero-order valence-corrected chi connectivity index (χ0v) is 18.0. The predicted octanol–water partition coefficient (Wildman–Crippen LogP) is 8.50. The summed E-state index contributed by atoms with van der Waals surface area (Å²) in [6.07, 6.45) is 25.8. The van der Waals surface area contributed by atoms with Gasteiger partial charge < -0.3 is 0 Å². The van der Waals surface area contributed by atoms with Crippen LogP contribution < -0.4 is 0 Å². The molecule has 0 fully saturated rings. The average Bonchev–Trinajstić information content (AvgIpc) is 2.53. The highest BCUT2D eigenvalue weighted by atomic mass is 35.7. The van der Waals surface area contributed by atoms with Crippen LogP contribution in [0.1, 0.15) is 109 Å². The van der Waals surface area contributed by atoms with Gasteiger partial charge in [0.1, 0.15) is 0 Å². The Bertz CT molecular complexity index is 232. The molecule has 0 aliphatic rings. The van der Waals surface area contributed by atoms with Crippen LogP contribution in [0.3, 0.4) is 0 Å². The van der Waals surface area contributed by atoms with E-state index in [2.05, 4.69) is 6.58 Å². The second-order valence-corrected chi connectivity index (χ2v) is 12.1. The van der Waals surface area contributed by atoms with Crippen molar-refractivity contribution in [3.8, 4) is 0 Å². The number of hydrogen-bond acceptors (Lipinski definition) is 0. The summed E-state index contributed by atoms with van der Waals surface area (Å²) in [5.74, 6) is 0. The molecule has 0 N–H and O–H groups in total. The van der Waals surface area contributed by atoms with Crippen LogP contribution in [-0.4, -0.2) is 7.42 Å². The first-order chi connectivity index (χ1) is 11.3. The summed E-state index contributed by atoms with van der Waals surface area (Å²) in [5.41, 5.74) is 0. The van der Waals surface area contributed by atoms with Gasteiger partial charge in [-0.2, -0.15) is 22.2 Å². The lowest BCUT2D eigenvalue weighted by Crippen LogP contribution is -1.91. The Morgan fingerprint density at radius 1 is 0.522 bits per heavy atom. The van der Waals surface area contributed by atoms with Crippen molar-refractivity contribution in [1.82, 2.24) is 0 Å². The van der Waals surface area contributed by atoms with Crippen LogP contribution in [0.2, 0.25) is 6.04 Å². The van der Waals surface area contributed by atoms with Gasteiger partial charge in [-0.15, -0.1) is 6.58 Å². The summed E-state index contributed by atoms with van der Waals surface area (Å²) >= 11 is 11.7. The van der Waals surface area contributed by atoms with Crippen molar-refractivity contribution in [2.24, 2.45) is 0 Å². The van der Waals surface area contributed by atoms with E-state index in [1.165, 1.54) is 109 Å². The number of hydrogen-bond donors (Lipinski definition) is 0. The Morgan fingerprint density at radius 2 is 0.826 bits per heavy atom. The van der Waals surface area contributed by atoms with Gasteiger partial charge in [0, 0.05) is 0 Å². The third-order valence-corrected chi connectivity index (χ3v) is 6.73. The van der Waals surface area contributed by atoms with Crippen LogP contribution in [0.4, 0.5) is 0 Å². The Kier molecular flexibility index (Phi) is 21.1. The summed E-state index contributed by atoms with van der Waals surface area (Å²) in [4.78, 5) is 0. The monoisotopic (exact) mass is 378 g/mol. The van der Waals surface area contributed by atoms with Crippen LogP contribution >= 0.6 is 22.2 Å². The second kappa shape index (κ2) is 20.6. The molecule has 0 aromatic heterocycles. The fraction of sp³-hybridized carbons (Fsp3) is 0.900. The maximum Gasteiger partial charge on any atom is 0.237 e. The van der Waals surface area contributed by atoms with E-state index < -0.39 is 7.42 Å². The molecule has 0 aromatic rings. The van der Waals surface area contributed by atoms with Gasteiger partial charge in [0.25, 0.3) is 0 Å². The zero-order chi connectivity index (χ0) is 17.0. The molecule has 0 unspecified atom stereocenters. The van der Waals surface area contributed by atoms with Crippen LogP contribution in [0.5, 0.6) is 0 Å². The molecule has 0 radical (unpaired) electrons. The molecule has 0 aromatic carbocycles. The van der Waals surface area contributed by atoms with Crippen molar-refractivity contribution in [3.63, 3.8) is 0 Å². The molecule has 23 heavy (non-hydrogen) atoms. The molecule has 0 aliphatic carbocycles. The highest BCUT2D eigenvalue weighted by molar-refractivity contribution is 7.33. The average molecular weight is 380 g/mol. The van der Waals surface area contributed by atoms with E-state index >= 15 is 0 Å². The molecule has 0 atom stereocenters. The summed E-state index contributed by atoms with van der Waals surface area (Å²) < 4.78 is 0. The molecule has 0 bridgehead atoms. The Hall–Kier alpha value is 0.537. The first-order valence-corrected chi connectivity index (χ1v) is 14.5. The van der Waals surface area contributed by atoms with Gasteiger partial charge in [0.15, 0.2) is 0 Å². The van der Waals surface area contributed by atoms with Crippen molar-refractivity contribution in [2.75, 3.05) is 0 Å². The van der Waals surface area contributed by atoms with Crippen LogP contribution in [0.15, 0.2) is 12.7 Å². The van der Waals surface area contributed by atoms with Crippen molar-refractivity contribution in [2.45, 2.75) is 115 Å². The van der Waals surface area contributed by atoms with Gasteiger partial charge in [-0.3, -0.25) is 0 Å². The highest BCUT2D eigenvalue weighted by Crippen LogP contribution is 2.15. The minimum Gasteiger partial charge on any atom is -0.150 e. The largest absolute Gasteiger partial charge is 0.237 e. The Morgan fingerprint density at radius 3 is 1.13 bits per heavy atom. The topological polar surface area (TPSA) is 0 Å². The lowest BCUT2D eigenvalue weighted by atomic mass is 10.0. The van der Waals surface area contributed by atoms with E-state index in [9.17, 15) is 0 Å². The molecule has 138 valence electrons. The molecule has 0 saturated heterocycles. The van der Waals surface area contributed by atoms with Crippen molar-refractivity contribution in [3.05, 3.63) is 12.7 Å². The SMILES string of the molecule is C=CCCCCCCCCCCCCCCCCCC[SiH](Cl)Cl. The normalized spacial score (nSPS) is 11.3. The smallest absolute Gasteiger partial charge is 0.150 e. The van der Waals surface area contributed by atoms with E-state index in [0.717, 1.165) is 6.04 Å². The van der Waals surface area contributed by atoms with E-state index in [-0.39, 0.29) is 0 Å². The summed E-state index contributed by atoms with van der Waals surface area (Å²) in [5, 5.41) is 0. The minimum absolute atomic E-state index is 1.10. The molecule has 0 heterocycles. The summed E-state index contributed by atoms with van der Waals surface area (Å²) in [6, 6.07) is 1.10. The van der Waals surface area contributed by atoms with E-state index in [4.69, 9.17) is 22.2 Å². The molecule has 0 rings (SSSR count). The fourth-order valence-corrected chi connectivity index (χ4v) is 4.59. The highest BCUT2D eigenvalue weighted by Gasteiger charge is 2.00. The number of unbranched alkanes of at least 4 members (excludes halogenated alkanes) is 16. The lowest BCUT2D eigenvalue weighted by molar-refractivity contribution is 0.530. The second-order valence-electron chi connectivity index (χ2n) is 6.91. The maximum atomic E-state index is 5.86. The van der Waals surface area contributed by atoms with Crippen molar-refractivity contribution < 1.29 is 0 Å². The molecule has 0 nitrogen and oxygen atoms in total. The molecule has 0 spiro atoms. The minimum atomic E-state index is -1.33. The lowest BCUT2D eigenvalue weighted by Gasteiger charge is -2.04. The van der Waals surface area contributed by atoms with Crippen molar-refractivity contribution >= 4 is 29.6 Å². The Labute approximate surface area is 157 Å². The summed E-state index contributed by atoms with van der Waals surface area (Å²) in [6.45, 7) is 3.77. The third kappa shape index (κ3) is 22.5. The standard InChI is InChI=1S/C20H40Cl2Si/c1-2-3-4-5-6-7-8-9-10-11-12-13-14-15-16-17-18-19-20-23(21)22/h2,23H,1,3-20H2. The van der Waals surface area contributed by atoms with Gasteiger partial charge in [0.2, 0.25) is 7.42 Å². The van der Waals surface area contributed by atoms with Crippen molar-refractivity contribution in [1.29, 1.82) is 0 Å². The van der Waals surface area contributed by atoms with Gasteiger partial charge >= 0.3 is 0 Å². The number of rotatable bonds is 19. The molecule has 0 aliphatic heterocycles. The van der Waals surface area contributed by atoms with E-state index in [1.807, 2.05) is 6.08 Å². The molecular formula is C20H40Cl2Si. The maximum absolute atomic E-state index is 5.86. The third-order valence-electron chi connectivity index (χ3n) is 4.58. The predicted molar refractivity (Wildman–Crippen MR) is 112 cm³/mol.